The van der Waals surface area contributed by atoms with Gasteiger partial charge in [0.2, 0.25) is 0 Å². The molecule has 0 spiro atoms. The predicted octanol–water partition coefficient (Wildman–Crippen LogP) is -6.54. The van der Waals surface area contributed by atoms with E-state index in [2.05, 4.69) is 0 Å². The molecule has 15 heteroatoms. The maximum Gasteiger partial charge on any atom is 0.187 e. The molecule has 0 aromatic carbocycles. The smallest absolute Gasteiger partial charge is 0.187 e. The van der Waals surface area contributed by atoms with Crippen molar-refractivity contribution in [2.75, 3.05) is 19.8 Å². The quantitative estimate of drug-likeness (QED) is 0.160. The number of hydrogen-bond donors (Lipinski definition) is 10. The van der Waals surface area contributed by atoms with Gasteiger partial charge in [-0.2, -0.15) is 0 Å². The van der Waals surface area contributed by atoms with Crippen molar-refractivity contribution in [1.82, 2.24) is 0 Å². The second-order valence-electron chi connectivity index (χ2n) is 8.26. The van der Waals surface area contributed by atoms with Crippen LogP contribution >= 0.6 is 0 Å². The molecule has 10 N–H and O–H groups in total. The van der Waals surface area contributed by atoms with Gasteiger partial charge in [-0.25, -0.2) is 0 Å². The lowest BCUT2D eigenvalue weighted by Gasteiger charge is -2.44. The first-order valence-corrected chi connectivity index (χ1v) is 10.5. The Labute approximate surface area is 187 Å². The van der Waals surface area contributed by atoms with E-state index in [4.69, 9.17) is 23.7 Å². The van der Waals surface area contributed by atoms with Crippen molar-refractivity contribution in [2.45, 2.75) is 92.4 Å². The minimum atomic E-state index is -1.72. The molecular weight excluding hydrogens is 456 g/mol. The average Bonchev–Trinajstić information content (AvgIpc) is 2.79. The van der Waals surface area contributed by atoms with Gasteiger partial charge in [-0.05, 0) is 0 Å². The van der Waals surface area contributed by atoms with Crippen LogP contribution in [-0.2, 0) is 23.7 Å². The third-order valence-electron chi connectivity index (χ3n) is 5.96. The van der Waals surface area contributed by atoms with E-state index in [-0.39, 0.29) is 6.42 Å². The van der Waals surface area contributed by atoms with Crippen molar-refractivity contribution in [3.63, 3.8) is 0 Å². The van der Waals surface area contributed by atoms with Crippen LogP contribution in [0.4, 0.5) is 0 Å². The van der Waals surface area contributed by atoms with Gasteiger partial charge < -0.3 is 74.7 Å². The Morgan fingerprint density at radius 2 is 1.09 bits per heavy atom. The zero-order valence-corrected chi connectivity index (χ0v) is 17.4. The highest BCUT2D eigenvalue weighted by molar-refractivity contribution is 4.92. The SMILES string of the molecule is OC[C@H]1O[C@H](OC[C@H]2O[C@H](O)C[C@@H](O[C@H]3O[C@H](CO)[C@@H](O)[C@H](O)[C@@H]3O)[C@@H]2O)[C@@H](O)[C@@H](O)[C@@H]1O. The summed E-state index contributed by atoms with van der Waals surface area (Å²) in [6, 6.07) is 0. The summed E-state index contributed by atoms with van der Waals surface area (Å²) in [6.07, 6.45) is -21.1. The molecule has 3 aliphatic heterocycles. The summed E-state index contributed by atoms with van der Waals surface area (Å²) in [7, 11) is 0. The van der Waals surface area contributed by atoms with Gasteiger partial charge in [-0.3, -0.25) is 0 Å². The number of rotatable bonds is 7. The molecule has 0 bridgehead atoms. The van der Waals surface area contributed by atoms with Crippen LogP contribution in [0.5, 0.6) is 0 Å². The summed E-state index contributed by atoms with van der Waals surface area (Å²) in [4.78, 5) is 0. The number of hydrogen-bond acceptors (Lipinski definition) is 15. The van der Waals surface area contributed by atoms with Crippen molar-refractivity contribution < 1.29 is 74.7 Å². The Balaban J connectivity index is 1.61. The average molecular weight is 488 g/mol. The fourth-order valence-electron chi connectivity index (χ4n) is 3.94. The molecule has 3 fully saturated rings. The Morgan fingerprint density at radius 1 is 0.576 bits per heavy atom. The molecule has 3 aliphatic rings. The van der Waals surface area contributed by atoms with Crippen molar-refractivity contribution in [1.29, 1.82) is 0 Å². The zero-order chi connectivity index (χ0) is 24.4. The van der Waals surface area contributed by atoms with Gasteiger partial charge in [0, 0.05) is 6.42 Å². The Morgan fingerprint density at radius 3 is 1.64 bits per heavy atom. The van der Waals surface area contributed by atoms with E-state index in [1.807, 2.05) is 0 Å². The third-order valence-corrected chi connectivity index (χ3v) is 5.96. The molecule has 0 saturated carbocycles. The van der Waals surface area contributed by atoms with Gasteiger partial charge in [-0.15, -0.1) is 0 Å². The molecule has 14 atom stereocenters. The summed E-state index contributed by atoms with van der Waals surface area (Å²) in [6.45, 7) is -1.84. The molecule has 0 aromatic heterocycles. The predicted molar refractivity (Wildman–Crippen MR) is 99.9 cm³/mol. The maximum absolute atomic E-state index is 10.6. The van der Waals surface area contributed by atoms with E-state index < -0.39 is 106 Å². The van der Waals surface area contributed by atoms with Crippen molar-refractivity contribution in [2.24, 2.45) is 0 Å². The van der Waals surface area contributed by atoms with Crippen LogP contribution in [0.25, 0.3) is 0 Å². The van der Waals surface area contributed by atoms with Crippen LogP contribution in [0.1, 0.15) is 6.42 Å². The van der Waals surface area contributed by atoms with E-state index in [1.54, 1.807) is 0 Å². The minimum absolute atomic E-state index is 0.271. The lowest BCUT2D eigenvalue weighted by molar-refractivity contribution is -0.343. The molecule has 0 amide bonds. The molecular formula is C18H32O15. The van der Waals surface area contributed by atoms with Crippen molar-refractivity contribution in [3.05, 3.63) is 0 Å². The molecule has 3 rings (SSSR count). The first-order valence-electron chi connectivity index (χ1n) is 10.5. The van der Waals surface area contributed by atoms with Crippen LogP contribution in [0.2, 0.25) is 0 Å². The highest BCUT2D eigenvalue weighted by Crippen LogP contribution is 2.29. The van der Waals surface area contributed by atoms with E-state index in [9.17, 15) is 51.1 Å². The Hall–Kier alpha value is -0.600. The van der Waals surface area contributed by atoms with Crippen LogP contribution < -0.4 is 0 Å². The van der Waals surface area contributed by atoms with Crippen LogP contribution in [0.3, 0.4) is 0 Å². The summed E-state index contributed by atoms with van der Waals surface area (Å²) in [5.74, 6) is 0. The minimum Gasteiger partial charge on any atom is -0.394 e. The van der Waals surface area contributed by atoms with Gasteiger partial charge in [0.05, 0.1) is 25.9 Å². The summed E-state index contributed by atoms with van der Waals surface area (Å²) < 4.78 is 26.5. The molecule has 0 aromatic rings. The standard InChI is InChI=1S/C18H32O15/c19-2-6-11(23)13(25)15(27)17(32-6)29-4-8-10(22)5(1-9(21)30-8)31-18-16(28)14(26)12(24)7(3-20)33-18/h5-28H,1-4H2/t5-,6-,7-,8-,9+,10+,11-,12-,13+,14+,15+,16+,17+,18+/m1/s1. The van der Waals surface area contributed by atoms with Gasteiger partial charge >= 0.3 is 0 Å². The second-order valence-corrected chi connectivity index (χ2v) is 8.26. The number of aliphatic hydroxyl groups is 10. The summed E-state index contributed by atoms with van der Waals surface area (Å²) in [5.41, 5.74) is 0. The fourth-order valence-corrected chi connectivity index (χ4v) is 3.94. The number of ether oxygens (including phenoxy) is 5. The third kappa shape index (κ3) is 5.80. The highest BCUT2D eigenvalue weighted by Gasteiger charge is 2.48. The van der Waals surface area contributed by atoms with Gasteiger partial charge in [0.1, 0.15) is 61.0 Å². The summed E-state index contributed by atoms with van der Waals surface area (Å²) >= 11 is 0. The van der Waals surface area contributed by atoms with Crippen LogP contribution in [-0.4, -0.2) is 157 Å². The molecule has 3 heterocycles. The lowest BCUT2D eigenvalue weighted by Crippen LogP contribution is -2.62. The fraction of sp³-hybridized carbons (Fsp3) is 1.00. The first kappa shape index (κ1) is 27.0. The van der Waals surface area contributed by atoms with Crippen LogP contribution in [0, 0.1) is 0 Å². The van der Waals surface area contributed by atoms with E-state index >= 15 is 0 Å². The normalized spacial score (nSPS) is 51.5. The van der Waals surface area contributed by atoms with E-state index in [0.717, 1.165) is 0 Å². The number of aliphatic hydroxyl groups excluding tert-OH is 10. The molecule has 0 aliphatic carbocycles. The van der Waals surface area contributed by atoms with Gasteiger partial charge in [0.15, 0.2) is 18.9 Å². The molecule has 194 valence electrons. The lowest BCUT2D eigenvalue weighted by atomic mass is 9.98. The van der Waals surface area contributed by atoms with E-state index in [1.165, 1.54) is 0 Å². The highest BCUT2D eigenvalue weighted by atomic mass is 16.7. The van der Waals surface area contributed by atoms with Crippen LogP contribution in [0.15, 0.2) is 0 Å². The Kier molecular flexibility index (Phi) is 9.35. The molecule has 33 heavy (non-hydrogen) atoms. The van der Waals surface area contributed by atoms with Gasteiger partial charge in [-0.1, -0.05) is 0 Å². The topological polar surface area (TPSA) is 248 Å². The van der Waals surface area contributed by atoms with Crippen molar-refractivity contribution >= 4 is 0 Å². The monoisotopic (exact) mass is 488 g/mol. The Bertz CT molecular complexity index is 607. The molecule has 0 unspecified atom stereocenters. The summed E-state index contributed by atoms with van der Waals surface area (Å²) in [5, 5.41) is 98.6. The molecule has 15 nitrogen and oxygen atoms in total. The first-order chi connectivity index (χ1) is 15.6. The zero-order valence-electron chi connectivity index (χ0n) is 17.4. The maximum atomic E-state index is 10.6. The molecule has 0 radical (unpaired) electrons. The van der Waals surface area contributed by atoms with Crippen molar-refractivity contribution in [3.8, 4) is 0 Å². The second kappa shape index (κ2) is 11.4. The molecule has 3 saturated heterocycles. The largest absolute Gasteiger partial charge is 0.394 e. The van der Waals surface area contributed by atoms with Gasteiger partial charge in [0.25, 0.3) is 0 Å². The van der Waals surface area contributed by atoms with E-state index in [0.29, 0.717) is 0 Å².